The number of methoxy groups -OCH3 is 1. The van der Waals surface area contributed by atoms with Gasteiger partial charge in [-0.2, -0.15) is 0 Å². The van der Waals surface area contributed by atoms with Crippen molar-refractivity contribution in [2.45, 2.75) is 38.6 Å². The highest BCUT2D eigenvalue weighted by Gasteiger charge is 2.30. The first-order chi connectivity index (χ1) is 11.2. The summed E-state index contributed by atoms with van der Waals surface area (Å²) in [6, 6.07) is 9.63. The van der Waals surface area contributed by atoms with Gasteiger partial charge in [0, 0.05) is 12.6 Å². The number of hydrogen-bond donors (Lipinski definition) is 0. The van der Waals surface area contributed by atoms with Gasteiger partial charge in [0.15, 0.2) is 0 Å². The summed E-state index contributed by atoms with van der Waals surface area (Å²) < 4.78 is 10.4. The van der Waals surface area contributed by atoms with Gasteiger partial charge >= 0.3 is 0 Å². The minimum Gasteiger partial charge on any atom is -0.497 e. The molecule has 0 spiro atoms. The Bertz CT molecular complexity index is 680. The maximum atomic E-state index is 12.8. The molecule has 1 fully saturated rings. The number of piperidine rings is 1. The molecule has 1 amide bonds. The summed E-state index contributed by atoms with van der Waals surface area (Å²) in [6.07, 6.45) is 3.47. The average Bonchev–Trinajstić information content (AvgIpc) is 3.01. The van der Waals surface area contributed by atoms with E-state index in [-0.39, 0.29) is 11.9 Å². The Kier molecular flexibility index (Phi) is 4.65. The molecule has 2 aromatic rings. The summed E-state index contributed by atoms with van der Waals surface area (Å²) in [7, 11) is 1.63. The largest absolute Gasteiger partial charge is 0.497 e. The molecular formula is C18H22N2O3. The van der Waals surface area contributed by atoms with Crippen LogP contribution in [0.5, 0.6) is 5.75 Å². The third kappa shape index (κ3) is 3.55. The number of carbonyl (C=O) groups is 1. The summed E-state index contributed by atoms with van der Waals surface area (Å²) in [6.45, 7) is 2.65. The Labute approximate surface area is 136 Å². The predicted octanol–water partition coefficient (Wildman–Crippen LogP) is 3.29. The van der Waals surface area contributed by atoms with E-state index in [9.17, 15) is 4.79 Å². The lowest BCUT2D eigenvalue weighted by atomic mass is 9.98. The van der Waals surface area contributed by atoms with E-state index in [1.54, 1.807) is 7.11 Å². The second kappa shape index (κ2) is 6.86. The van der Waals surface area contributed by atoms with E-state index in [0.29, 0.717) is 6.42 Å². The minimum atomic E-state index is 0.0271. The molecule has 1 aromatic heterocycles. The molecule has 1 atom stereocenters. The van der Waals surface area contributed by atoms with Gasteiger partial charge in [0.1, 0.15) is 17.2 Å². The standard InChI is InChI=1S/C18H22N2O3/c1-13-10-16(19-23-13)17-8-3-4-9-20(17)18(21)12-14-6-5-7-15(11-14)22-2/h5-7,10-11,17H,3-4,8-9,12H2,1-2H3/t17-/m0/s1. The summed E-state index contributed by atoms with van der Waals surface area (Å²) in [5.41, 5.74) is 1.83. The summed E-state index contributed by atoms with van der Waals surface area (Å²) >= 11 is 0. The molecule has 1 aliphatic heterocycles. The zero-order valence-electron chi connectivity index (χ0n) is 13.6. The molecule has 0 bridgehead atoms. The van der Waals surface area contributed by atoms with Crippen molar-refractivity contribution in [2.75, 3.05) is 13.7 Å². The van der Waals surface area contributed by atoms with Crippen LogP contribution >= 0.6 is 0 Å². The molecule has 122 valence electrons. The highest BCUT2D eigenvalue weighted by Crippen LogP contribution is 2.31. The van der Waals surface area contributed by atoms with Crippen molar-refractivity contribution in [1.29, 1.82) is 0 Å². The summed E-state index contributed by atoms with van der Waals surface area (Å²) in [5.74, 6) is 1.69. The molecule has 1 saturated heterocycles. The molecular weight excluding hydrogens is 292 g/mol. The maximum Gasteiger partial charge on any atom is 0.227 e. The average molecular weight is 314 g/mol. The molecule has 3 rings (SSSR count). The Balaban J connectivity index is 1.75. The first-order valence-electron chi connectivity index (χ1n) is 8.03. The van der Waals surface area contributed by atoms with Gasteiger partial charge in [-0.25, -0.2) is 0 Å². The first kappa shape index (κ1) is 15.6. The number of hydrogen-bond acceptors (Lipinski definition) is 4. The van der Waals surface area contributed by atoms with Gasteiger partial charge in [-0.05, 0) is 43.9 Å². The normalized spacial score (nSPS) is 18.0. The van der Waals surface area contributed by atoms with Crippen LogP contribution in [0.2, 0.25) is 0 Å². The van der Waals surface area contributed by atoms with Gasteiger partial charge in [0.05, 0.1) is 19.6 Å². The number of carbonyl (C=O) groups excluding carboxylic acids is 1. The van der Waals surface area contributed by atoms with Crippen LogP contribution in [-0.4, -0.2) is 29.6 Å². The number of likely N-dealkylation sites (tertiary alicyclic amines) is 1. The fourth-order valence-corrected chi connectivity index (χ4v) is 3.14. The first-order valence-corrected chi connectivity index (χ1v) is 8.03. The van der Waals surface area contributed by atoms with E-state index < -0.39 is 0 Å². The molecule has 5 heteroatoms. The Hall–Kier alpha value is -2.30. The lowest BCUT2D eigenvalue weighted by molar-refractivity contribution is -0.134. The zero-order valence-corrected chi connectivity index (χ0v) is 13.6. The van der Waals surface area contributed by atoms with Crippen LogP contribution < -0.4 is 4.74 Å². The predicted molar refractivity (Wildman–Crippen MR) is 86.2 cm³/mol. The van der Waals surface area contributed by atoms with Crippen molar-refractivity contribution in [1.82, 2.24) is 10.1 Å². The van der Waals surface area contributed by atoms with Crippen molar-refractivity contribution in [3.63, 3.8) is 0 Å². The fourth-order valence-electron chi connectivity index (χ4n) is 3.14. The van der Waals surface area contributed by atoms with Crippen LogP contribution in [-0.2, 0) is 11.2 Å². The maximum absolute atomic E-state index is 12.8. The lowest BCUT2D eigenvalue weighted by Gasteiger charge is -2.34. The van der Waals surface area contributed by atoms with Crippen LogP contribution in [0.1, 0.15) is 42.3 Å². The molecule has 1 aliphatic rings. The van der Waals surface area contributed by atoms with E-state index in [2.05, 4.69) is 5.16 Å². The Morgan fingerprint density at radius 3 is 3.00 bits per heavy atom. The van der Waals surface area contributed by atoms with Gasteiger partial charge in [0.2, 0.25) is 5.91 Å². The third-order valence-corrected chi connectivity index (χ3v) is 4.30. The molecule has 0 saturated carbocycles. The van der Waals surface area contributed by atoms with Gasteiger partial charge in [0.25, 0.3) is 0 Å². The smallest absolute Gasteiger partial charge is 0.227 e. The van der Waals surface area contributed by atoms with Gasteiger partial charge in [-0.3, -0.25) is 4.79 Å². The topological polar surface area (TPSA) is 55.6 Å². The molecule has 2 heterocycles. The number of amides is 1. The van der Waals surface area contributed by atoms with Gasteiger partial charge < -0.3 is 14.2 Å². The summed E-state index contributed by atoms with van der Waals surface area (Å²) in [5, 5.41) is 4.12. The van der Waals surface area contributed by atoms with E-state index >= 15 is 0 Å². The van der Waals surface area contributed by atoms with Crippen molar-refractivity contribution in [3.8, 4) is 5.75 Å². The van der Waals surface area contributed by atoms with E-state index in [4.69, 9.17) is 9.26 Å². The lowest BCUT2D eigenvalue weighted by Crippen LogP contribution is -2.39. The molecule has 5 nitrogen and oxygen atoms in total. The molecule has 23 heavy (non-hydrogen) atoms. The van der Waals surface area contributed by atoms with E-state index in [1.165, 1.54) is 0 Å². The molecule has 1 aromatic carbocycles. The Morgan fingerprint density at radius 2 is 2.26 bits per heavy atom. The van der Waals surface area contributed by atoms with E-state index in [0.717, 1.165) is 48.6 Å². The fraction of sp³-hybridized carbons (Fsp3) is 0.444. The molecule has 0 unspecified atom stereocenters. The quantitative estimate of drug-likeness (QED) is 0.869. The van der Waals surface area contributed by atoms with Crippen LogP contribution in [0.4, 0.5) is 0 Å². The van der Waals surface area contributed by atoms with Crippen LogP contribution in [0.15, 0.2) is 34.9 Å². The third-order valence-electron chi connectivity index (χ3n) is 4.30. The van der Waals surface area contributed by atoms with Crippen LogP contribution in [0.25, 0.3) is 0 Å². The number of nitrogens with zero attached hydrogens (tertiary/aromatic N) is 2. The number of benzene rings is 1. The number of rotatable bonds is 4. The highest BCUT2D eigenvalue weighted by molar-refractivity contribution is 5.79. The number of aromatic nitrogens is 1. The zero-order chi connectivity index (χ0) is 16.2. The second-order valence-electron chi connectivity index (χ2n) is 5.99. The van der Waals surface area contributed by atoms with Crippen molar-refractivity contribution >= 4 is 5.91 Å². The summed E-state index contributed by atoms with van der Waals surface area (Å²) in [4.78, 5) is 14.7. The highest BCUT2D eigenvalue weighted by atomic mass is 16.5. The Morgan fingerprint density at radius 1 is 1.39 bits per heavy atom. The monoisotopic (exact) mass is 314 g/mol. The minimum absolute atomic E-state index is 0.0271. The van der Waals surface area contributed by atoms with Crippen LogP contribution in [0.3, 0.4) is 0 Å². The van der Waals surface area contributed by atoms with Crippen molar-refractivity contribution in [3.05, 3.63) is 47.3 Å². The van der Waals surface area contributed by atoms with Gasteiger partial charge in [-0.15, -0.1) is 0 Å². The van der Waals surface area contributed by atoms with Crippen molar-refractivity contribution < 1.29 is 14.1 Å². The number of ether oxygens (including phenoxy) is 1. The molecule has 0 N–H and O–H groups in total. The van der Waals surface area contributed by atoms with Crippen LogP contribution in [0, 0.1) is 6.92 Å². The molecule has 0 aliphatic carbocycles. The second-order valence-corrected chi connectivity index (χ2v) is 5.99. The van der Waals surface area contributed by atoms with Crippen molar-refractivity contribution in [2.24, 2.45) is 0 Å². The number of aryl methyl sites for hydroxylation is 1. The van der Waals surface area contributed by atoms with Gasteiger partial charge in [-0.1, -0.05) is 17.3 Å². The molecule has 0 radical (unpaired) electrons. The SMILES string of the molecule is COc1cccc(CC(=O)N2CCCC[C@H]2c2cc(C)on2)c1. The van der Waals surface area contributed by atoms with E-state index in [1.807, 2.05) is 42.2 Å².